The first-order valence-corrected chi connectivity index (χ1v) is 13.6. The maximum atomic E-state index is 6.15. The molecule has 3 atom stereocenters. The van der Waals surface area contributed by atoms with E-state index < -0.39 is 0 Å². The molecule has 0 amide bonds. The number of benzene rings is 2. The fraction of sp³-hybridized carbons (Fsp3) is 0.552. The number of likely N-dealkylation sites (tertiary alicyclic amines) is 1. The minimum absolute atomic E-state index is 0.514. The third-order valence-electron chi connectivity index (χ3n) is 8.22. The molecule has 0 radical (unpaired) electrons. The Balaban J connectivity index is 0.949. The number of hydrogen-bond acceptors (Lipinski definition) is 6. The van der Waals surface area contributed by atoms with Crippen LogP contribution in [0.1, 0.15) is 24.8 Å². The van der Waals surface area contributed by atoms with E-state index in [9.17, 15) is 0 Å². The summed E-state index contributed by atoms with van der Waals surface area (Å²) < 4.78 is 8.47. The Bertz CT molecular complexity index is 1180. The van der Waals surface area contributed by atoms with Crippen molar-refractivity contribution in [2.45, 2.75) is 38.4 Å². The Hall–Kier alpha value is -2.61. The second-order valence-corrected chi connectivity index (χ2v) is 11.4. The summed E-state index contributed by atoms with van der Waals surface area (Å²) in [7, 11) is 4.28. The third-order valence-corrected chi connectivity index (χ3v) is 8.22. The summed E-state index contributed by atoms with van der Waals surface area (Å²) in [4.78, 5) is 9.67. The van der Waals surface area contributed by atoms with Crippen molar-refractivity contribution in [3.8, 4) is 5.75 Å². The number of nitrogens with zero attached hydrogens (tertiary/aromatic N) is 4. The highest BCUT2D eigenvalue weighted by molar-refractivity contribution is 5.80. The molecule has 1 spiro atoms. The fourth-order valence-corrected chi connectivity index (χ4v) is 6.30. The zero-order valence-corrected chi connectivity index (χ0v) is 21.7. The van der Waals surface area contributed by atoms with Crippen LogP contribution in [0.25, 0.3) is 11.0 Å². The number of fused-ring (bicyclic) bond motifs is 3. The summed E-state index contributed by atoms with van der Waals surface area (Å²) in [6.45, 7) is 8.34. The molecule has 0 bridgehead atoms. The van der Waals surface area contributed by atoms with Crippen LogP contribution in [-0.4, -0.2) is 78.8 Å². The minimum atomic E-state index is 0.514. The minimum Gasteiger partial charge on any atom is -0.493 e. The van der Waals surface area contributed by atoms with Crippen LogP contribution in [0.4, 0.5) is 5.95 Å². The standard InChI is InChI=1S/C29H40N6O/c1-33(2)18-23-17-31-28-32-25-10-9-24(15-26(25)35(28)20-23)36-14-6-12-30-27-16-29(27)11-13-34(21-29)19-22-7-4-3-5-8-22/h3-5,7-10,15,23,27,30H,6,11-14,16-21H2,1-2H3,(H,31,32)/t23?,27?,29-/m1/s1. The van der Waals surface area contributed by atoms with Gasteiger partial charge in [0.1, 0.15) is 5.75 Å². The second kappa shape index (κ2) is 10.0. The topological polar surface area (TPSA) is 57.6 Å². The molecule has 1 saturated carbocycles. The molecule has 2 aromatic carbocycles. The van der Waals surface area contributed by atoms with Crippen molar-refractivity contribution in [3.05, 3.63) is 54.1 Å². The van der Waals surface area contributed by atoms with E-state index in [4.69, 9.17) is 9.72 Å². The van der Waals surface area contributed by atoms with Crippen molar-refractivity contribution >= 4 is 17.0 Å². The van der Waals surface area contributed by atoms with Crippen LogP contribution >= 0.6 is 0 Å². The molecule has 3 aromatic rings. The van der Waals surface area contributed by atoms with Crippen LogP contribution in [0.2, 0.25) is 0 Å². The van der Waals surface area contributed by atoms with Crippen molar-refractivity contribution in [3.63, 3.8) is 0 Å². The van der Waals surface area contributed by atoms with Gasteiger partial charge in [-0.05, 0) is 64.1 Å². The molecular formula is C29H40N6O. The molecule has 192 valence electrons. The van der Waals surface area contributed by atoms with E-state index in [0.29, 0.717) is 17.4 Å². The highest BCUT2D eigenvalue weighted by Crippen LogP contribution is 2.53. The molecule has 2 fully saturated rings. The molecular weight excluding hydrogens is 448 g/mol. The maximum absolute atomic E-state index is 6.15. The van der Waals surface area contributed by atoms with Crippen LogP contribution in [0, 0.1) is 11.3 Å². The average molecular weight is 489 g/mol. The highest BCUT2D eigenvalue weighted by Gasteiger charge is 2.56. The number of anilines is 1. The van der Waals surface area contributed by atoms with Gasteiger partial charge >= 0.3 is 0 Å². The SMILES string of the molecule is CN(C)CC1CNc2nc3ccc(OCCCNC4C[C@@]45CCN(Cc4ccccc4)C5)cc3n2C1. The first-order valence-electron chi connectivity index (χ1n) is 13.6. The van der Waals surface area contributed by atoms with Gasteiger partial charge in [-0.2, -0.15) is 0 Å². The van der Waals surface area contributed by atoms with Gasteiger partial charge in [0.05, 0.1) is 17.6 Å². The largest absolute Gasteiger partial charge is 0.493 e. The van der Waals surface area contributed by atoms with Gasteiger partial charge in [-0.25, -0.2) is 4.98 Å². The van der Waals surface area contributed by atoms with Crippen molar-refractivity contribution in [1.29, 1.82) is 0 Å². The molecule has 2 N–H and O–H groups in total. The Morgan fingerprint density at radius 2 is 2.08 bits per heavy atom. The van der Waals surface area contributed by atoms with Crippen LogP contribution in [-0.2, 0) is 13.1 Å². The van der Waals surface area contributed by atoms with Crippen LogP contribution in [0.3, 0.4) is 0 Å². The highest BCUT2D eigenvalue weighted by atomic mass is 16.5. The Kier molecular flexibility index (Phi) is 6.63. The van der Waals surface area contributed by atoms with E-state index in [1.807, 2.05) is 0 Å². The summed E-state index contributed by atoms with van der Waals surface area (Å²) in [5.41, 5.74) is 4.14. The third kappa shape index (κ3) is 5.10. The van der Waals surface area contributed by atoms with Crippen molar-refractivity contribution in [2.75, 3.05) is 58.7 Å². The lowest BCUT2D eigenvalue weighted by atomic mass is 10.1. The molecule has 2 aliphatic heterocycles. The van der Waals surface area contributed by atoms with E-state index >= 15 is 0 Å². The fourth-order valence-electron chi connectivity index (χ4n) is 6.30. The molecule has 6 rings (SSSR count). The molecule has 3 aliphatic rings. The van der Waals surface area contributed by atoms with Crippen LogP contribution < -0.4 is 15.4 Å². The van der Waals surface area contributed by atoms with Gasteiger partial charge in [0.25, 0.3) is 0 Å². The number of hydrogen-bond donors (Lipinski definition) is 2. The van der Waals surface area contributed by atoms with Crippen molar-refractivity contribution < 1.29 is 4.74 Å². The van der Waals surface area contributed by atoms with Gasteiger partial charge in [0.2, 0.25) is 5.95 Å². The monoisotopic (exact) mass is 488 g/mol. The molecule has 7 heteroatoms. The van der Waals surface area contributed by atoms with Gasteiger partial charge in [-0.15, -0.1) is 0 Å². The van der Waals surface area contributed by atoms with Gasteiger partial charge < -0.3 is 24.8 Å². The number of ether oxygens (including phenoxy) is 1. The predicted octanol–water partition coefficient (Wildman–Crippen LogP) is 3.66. The molecule has 1 aliphatic carbocycles. The average Bonchev–Trinajstić information content (AvgIpc) is 3.19. The number of aromatic nitrogens is 2. The quantitative estimate of drug-likeness (QED) is 0.425. The van der Waals surface area contributed by atoms with Crippen LogP contribution in [0.5, 0.6) is 5.75 Å². The zero-order valence-electron chi connectivity index (χ0n) is 21.7. The van der Waals surface area contributed by atoms with E-state index in [0.717, 1.165) is 68.5 Å². The Labute approximate surface area is 214 Å². The first kappa shape index (κ1) is 23.8. The molecule has 1 saturated heterocycles. The second-order valence-electron chi connectivity index (χ2n) is 11.4. The summed E-state index contributed by atoms with van der Waals surface area (Å²) in [6.07, 6.45) is 3.67. The van der Waals surface area contributed by atoms with E-state index in [-0.39, 0.29) is 0 Å². The smallest absolute Gasteiger partial charge is 0.203 e. The molecule has 36 heavy (non-hydrogen) atoms. The molecule has 3 heterocycles. The molecule has 7 nitrogen and oxygen atoms in total. The van der Waals surface area contributed by atoms with Gasteiger partial charge in [-0.1, -0.05) is 30.3 Å². The van der Waals surface area contributed by atoms with Crippen molar-refractivity contribution in [1.82, 2.24) is 24.7 Å². The number of nitrogens with one attached hydrogen (secondary N) is 2. The van der Waals surface area contributed by atoms with Gasteiger partial charge in [-0.3, -0.25) is 4.90 Å². The number of rotatable bonds is 10. The first-order chi connectivity index (χ1) is 17.6. The predicted molar refractivity (Wildman–Crippen MR) is 146 cm³/mol. The number of imidazole rings is 1. The molecule has 2 unspecified atom stereocenters. The lowest BCUT2D eigenvalue weighted by molar-refractivity contribution is 0.298. The van der Waals surface area contributed by atoms with Crippen molar-refractivity contribution in [2.24, 2.45) is 11.3 Å². The Morgan fingerprint density at radius 1 is 1.19 bits per heavy atom. The summed E-state index contributed by atoms with van der Waals surface area (Å²) in [6, 6.07) is 17.9. The van der Waals surface area contributed by atoms with E-state index in [2.05, 4.69) is 87.6 Å². The summed E-state index contributed by atoms with van der Waals surface area (Å²) in [5, 5.41) is 7.33. The van der Waals surface area contributed by atoms with E-state index in [1.54, 1.807) is 0 Å². The normalized spacial score (nSPS) is 25.4. The lowest BCUT2D eigenvalue weighted by Gasteiger charge is -2.27. The Morgan fingerprint density at radius 3 is 2.94 bits per heavy atom. The molecule has 1 aromatic heterocycles. The summed E-state index contributed by atoms with van der Waals surface area (Å²) >= 11 is 0. The van der Waals surface area contributed by atoms with Crippen LogP contribution in [0.15, 0.2) is 48.5 Å². The zero-order chi connectivity index (χ0) is 24.5. The summed E-state index contributed by atoms with van der Waals surface area (Å²) in [5.74, 6) is 2.50. The lowest BCUT2D eigenvalue weighted by Crippen LogP contribution is -2.34. The van der Waals surface area contributed by atoms with E-state index in [1.165, 1.54) is 31.5 Å². The van der Waals surface area contributed by atoms with Gasteiger partial charge in [0.15, 0.2) is 0 Å². The van der Waals surface area contributed by atoms with Gasteiger partial charge in [0, 0.05) is 56.2 Å². The maximum Gasteiger partial charge on any atom is 0.203 e.